The number of para-hydroxylation sites is 1. The van der Waals surface area contributed by atoms with Crippen molar-refractivity contribution in [2.75, 3.05) is 11.9 Å². The summed E-state index contributed by atoms with van der Waals surface area (Å²) in [5, 5.41) is 9.43. The average molecular weight is 295 g/mol. The molecule has 1 aromatic carbocycles. The smallest absolute Gasteiger partial charge is 0.186 e. The summed E-state index contributed by atoms with van der Waals surface area (Å²) in [6, 6.07) is 14.1. The summed E-state index contributed by atoms with van der Waals surface area (Å²) in [5.74, 6) is 0.910. The van der Waals surface area contributed by atoms with Crippen LogP contribution in [-0.4, -0.2) is 26.6 Å². The number of pyridine rings is 1. The van der Waals surface area contributed by atoms with Gasteiger partial charge in [0.1, 0.15) is 0 Å². The first-order valence-electron chi connectivity index (χ1n) is 6.66. The van der Waals surface area contributed by atoms with E-state index in [0.29, 0.717) is 6.54 Å². The SMILES string of the molecule is CN(Cc1nnc2ccccn12)c1nc2ccccc2s1. The second-order valence-electron chi connectivity index (χ2n) is 4.87. The average Bonchev–Trinajstić information content (AvgIpc) is 3.11. The maximum Gasteiger partial charge on any atom is 0.186 e. The Morgan fingerprint density at radius 1 is 1.10 bits per heavy atom. The number of nitrogens with zero attached hydrogens (tertiary/aromatic N) is 5. The number of fused-ring (bicyclic) bond motifs is 2. The summed E-state index contributed by atoms with van der Waals surface area (Å²) < 4.78 is 3.20. The van der Waals surface area contributed by atoms with E-state index in [1.165, 1.54) is 4.70 Å². The quantitative estimate of drug-likeness (QED) is 0.583. The van der Waals surface area contributed by atoms with E-state index in [4.69, 9.17) is 0 Å². The lowest BCUT2D eigenvalue weighted by Gasteiger charge is -2.13. The molecule has 0 aliphatic carbocycles. The maximum absolute atomic E-state index is 4.66. The summed E-state index contributed by atoms with van der Waals surface area (Å²) in [6.45, 7) is 0.672. The minimum Gasteiger partial charge on any atom is -0.344 e. The van der Waals surface area contributed by atoms with Crippen molar-refractivity contribution < 1.29 is 0 Å². The summed E-state index contributed by atoms with van der Waals surface area (Å²) in [6.07, 6.45) is 1.98. The lowest BCUT2D eigenvalue weighted by molar-refractivity contribution is 0.819. The minimum atomic E-state index is 0.672. The molecule has 0 spiro atoms. The molecule has 104 valence electrons. The van der Waals surface area contributed by atoms with Crippen LogP contribution in [0.5, 0.6) is 0 Å². The van der Waals surface area contributed by atoms with E-state index in [1.807, 2.05) is 54.0 Å². The van der Waals surface area contributed by atoms with Crippen LogP contribution in [0.3, 0.4) is 0 Å². The summed E-state index contributed by atoms with van der Waals surface area (Å²) in [5.41, 5.74) is 1.90. The fraction of sp³-hybridized carbons (Fsp3) is 0.133. The summed E-state index contributed by atoms with van der Waals surface area (Å²) >= 11 is 1.69. The zero-order valence-corrected chi connectivity index (χ0v) is 12.3. The molecule has 0 amide bonds. The molecule has 0 fully saturated rings. The molecule has 0 aliphatic heterocycles. The van der Waals surface area contributed by atoms with Crippen molar-refractivity contribution in [1.29, 1.82) is 0 Å². The van der Waals surface area contributed by atoms with Crippen LogP contribution in [0.4, 0.5) is 5.13 Å². The van der Waals surface area contributed by atoms with Crippen LogP contribution >= 0.6 is 11.3 Å². The van der Waals surface area contributed by atoms with Crippen molar-refractivity contribution in [2.45, 2.75) is 6.54 Å². The van der Waals surface area contributed by atoms with Gasteiger partial charge >= 0.3 is 0 Å². The fourth-order valence-electron chi connectivity index (χ4n) is 2.30. The van der Waals surface area contributed by atoms with Gasteiger partial charge in [0.05, 0.1) is 16.8 Å². The normalized spacial score (nSPS) is 11.3. The molecule has 0 unspecified atom stereocenters. The first kappa shape index (κ1) is 12.3. The van der Waals surface area contributed by atoms with Crippen LogP contribution in [0.1, 0.15) is 5.82 Å². The van der Waals surface area contributed by atoms with E-state index in [9.17, 15) is 0 Å². The monoisotopic (exact) mass is 295 g/mol. The van der Waals surface area contributed by atoms with Crippen LogP contribution in [-0.2, 0) is 6.54 Å². The third kappa shape index (κ3) is 2.13. The molecule has 0 saturated carbocycles. The van der Waals surface area contributed by atoms with Crippen LogP contribution in [0.25, 0.3) is 15.9 Å². The van der Waals surface area contributed by atoms with Gasteiger partial charge in [-0.05, 0) is 24.3 Å². The molecule has 0 bridgehead atoms. The first-order valence-corrected chi connectivity index (χ1v) is 7.48. The Morgan fingerprint density at radius 2 is 1.95 bits per heavy atom. The second kappa shape index (κ2) is 4.82. The van der Waals surface area contributed by atoms with Crippen molar-refractivity contribution in [3.8, 4) is 0 Å². The van der Waals surface area contributed by atoms with Crippen molar-refractivity contribution in [1.82, 2.24) is 19.6 Å². The Bertz CT molecular complexity index is 877. The standard InChI is InChI=1S/C15H13N5S/c1-19(15-16-11-6-2-3-7-12(11)21-15)10-14-18-17-13-8-4-5-9-20(13)14/h2-9H,10H2,1H3. The molecule has 0 aliphatic rings. The fourth-order valence-corrected chi connectivity index (χ4v) is 3.23. The minimum absolute atomic E-state index is 0.672. The van der Waals surface area contributed by atoms with Gasteiger partial charge in [-0.25, -0.2) is 4.98 Å². The van der Waals surface area contributed by atoms with E-state index in [2.05, 4.69) is 26.1 Å². The molecule has 0 N–H and O–H groups in total. The zero-order valence-electron chi connectivity index (χ0n) is 11.5. The third-order valence-corrected chi connectivity index (χ3v) is 4.52. The lowest BCUT2D eigenvalue weighted by atomic mass is 10.3. The van der Waals surface area contributed by atoms with E-state index in [0.717, 1.165) is 22.1 Å². The van der Waals surface area contributed by atoms with Crippen molar-refractivity contribution >= 4 is 32.3 Å². The highest BCUT2D eigenvalue weighted by atomic mass is 32.1. The topological polar surface area (TPSA) is 46.3 Å². The highest BCUT2D eigenvalue weighted by Crippen LogP contribution is 2.28. The number of benzene rings is 1. The molecule has 4 rings (SSSR count). The van der Waals surface area contributed by atoms with Crippen LogP contribution < -0.4 is 4.90 Å². The number of hydrogen-bond donors (Lipinski definition) is 0. The van der Waals surface area contributed by atoms with Gasteiger partial charge < -0.3 is 4.90 Å². The predicted octanol–water partition coefficient (Wildman–Crippen LogP) is 2.98. The van der Waals surface area contributed by atoms with Gasteiger partial charge in [-0.3, -0.25) is 4.40 Å². The number of hydrogen-bond acceptors (Lipinski definition) is 5. The van der Waals surface area contributed by atoms with Crippen LogP contribution in [0, 0.1) is 0 Å². The van der Waals surface area contributed by atoms with Crippen LogP contribution in [0.2, 0.25) is 0 Å². The Labute approximate surface area is 125 Å². The van der Waals surface area contributed by atoms with Crippen LogP contribution in [0.15, 0.2) is 48.7 Å². The molecule has 3 heterocycles. The van der Waals surface area contributed by atoms with Crippen molar-refractivity contribution in [3.05, 3.63) is 54.5 Å². The maximum atomic E-state index is 4.66. The molecule has 3 aromatic heterocycles. The number of aromatic nitrogens is 4. The molecule has 4 aromatic rings. The highest BCUT2D eigenvalue weighted by Gasteiger charge is 2.12. The molecule has 21 heavy (non-hydrogen) atoms. The first-order chi connectivity index (χ1) is 10.3. The van der Waals surface area contributed by atoms with E-state index in [-0.39, 0.29) is 0 Å². The molecular formula is C15H13N5S. The van der Waals surface area contributed by atoms with E-state index < -0.39 is 0 Å². The lowest BCUT2D eigenvalue weighted by Crippen LogP contribution is -2.18. The Morgan fingerprint density at radius 3 is 2.86 bits per heavy atom. The number of anilines is 1. The largest absolute Gasteiger partial charge is 0.344 e. The van der Waals surface area contributed by atoms with E-state index in [1.54, 1.807) is 11.3 Å². The van der Waals surface area contributed by atoms with E-state index >= 15 is 0 Å². The van der Waals surface area contributed by atoms with Crippen molar-refractivity contribution in [2.24, 2.45) is 0 Å². The molecular weight excluding hydrogens is 282 g/mol. The van der Waals surface area contributed by atoms with Gasteiger partial charge in [-0.1, -0.05) is 29.5 Å². The number of thiazole rings is 1. The Hall–Kier alpha value is -2.47. The molecule has 0 radical (unpaired) electrons. The van der Waals surface area contributed by atoms with Gasteiger partial charge in [0.25, 0.3) is 0 Å². The van der Waals surface area contributed by atoms with Gasteiger partial charge in [0.2, 0.25) is 0 Å². The molecule has 6 heteroatoms. The Kier molecular flexibility index (Phi) is 2.82. The molecule has 0 atom stereocenters. The van der Waals surface area contributed by atoms with Crippen molar-refractivity contribution in [3.63, 3.8) is 0 Å². The van der Waals surface area contributed by atoms with Gasteiger partial charge in [0, 0.05) is 13.2 Å². The summed E-state index contributed by atoms with van der Waals surface area (Å²) in [7, 11) is 2.03. The highest BCUT2D eigenvalue weighted by molar-refractivity contribution is 7.22. The van der Waals surface area contributed by atoms with Gasteiger partial charge in [-0.15, -0.1) is 10.2 Å². The van der Waals surface area contributed by atoms with Gasteiger partial charge in [-0.2, -0.15) is 0 Å². The molecule has 0 saturated heterocycles. The second-order valence-corrected chi connectivity index (χ2v) is 5.87. The molecule has 5 nitrogen and oxygen atoms in total. The zero-order chi connectivity index (χ0) is 14.2. The number of rotatable bonds is 3. The third-order valence-electron chi connectivity index (χ3n) is 3.37. The summed E-state index contributed by atoms with van der Waals surface area (Å²) in [4.78, 5) is 6.77. The van der Waals surface area contributed by atoms with Gasteiger partial charge in [0.15, 0.2) is 16.6 Å². The predicted molar refractivity (Wildman–Crippen MR) is 84.7 cm³/mol. The Balaban J connectivity index is 1.67.